The van der Waals surface area contributed by atoms with E-state index in [1.54, 1.807) is 0 Å². The molecule has 0 unspecified atom stereocenters. The molecule has 4 heteroatoms. The van der Waals surface area contributed by atoms with Crippen LogP contribution in [0, 0.1) is 5.92 Å². The fourth-order valence-electron chi connectivity index (χ4n) is 3.76. The van der Waals surface area contributed by atoms with Gasteiger partial charge < -0.3 is 9.64 Å². The molecule has 1 aromatic rings. The molecule has 2 aliphatic rings. The largest absolute Gasteiger partial charge is 0.450 e. The van der Waals surface area contributed by atoms with Crippen LogP contribution in [-0.2, 0) is 4.74 Å². The molecule has 3 rings (SSSR count). The van der Waals surface area contributed by atoms with E-state index in [-0.39, 0.29) is 6.09 Å². The second-order valence-corrected chi connectivity index (χ2v) is 6.04. The van der Waals surface area contributed by atoms with Crippen molar-refractivity contribution in [3.63, 3.8) is 0 Å². The van der Waals surface area contributed by atoms with Crippen molar-refractivity contribution in [2.75, 3.05) is 26.2 Å². The molecule has 21 heavy (non-hydrogen) atoms. The maximum absolute atomic E-state index is 11.9. The second-order valence-electron chi connectivity index (χ2n) is 6.04. The van der Waals surface area contributed by atoms with Crippen molar-refractivity contribution in [3.8, 4) is 0 Å². The lowest BCUT2D eigenvalue weighted by Gasteiger charge is -2.30. The third-order valence-electron chi connectivity index (χ3n) is 4.90. The van der Waals surface area contributed by atoms with Crippen LogP contribution in [0.15, 0.2) is 30.3 Å². The molecule has 4 nitrogen and oxygen atoms in total. The molecule has 2 aliphatic heterocycles. The van der Waals surface area contributed by atoms with Gasteiger partial charge in [-0.3, -0.25) is 4.90 Å². The van der Waals surface area contributed by atoms with Crippen LogP contribution < -0.4 is 0 Å². The molecule has 2 fully saturated rings. The molecule has 3 atom stereocenters. The summed E-state index contributed by atoms with van der Waals surface area (Å²) in [4.78, 5) is 16.3. The first-order valence-corrected chi connectivity index (χ1v) is 7.93. The zero-order valence-corrected chi connectivity index (χ0v) is 12.9. The van der Waals surface area contributed by atoms with E-state index in [0.29, 0.717) is 24.6 Å². The van der Waals surface area contributed by atoms with E-state index in [9.17, 15) is 4.79 Å². The van der Waals surface area contributed by atoms with Gasteiger partial charge in [-0.05, 0) is 38.3 Å². The SMILES string of the molecule is CCOC(=O)N1C[C@@H]2CCN([C@H](C)c3ccccc3)[C@@H]2C1. The molecular weight excluding hydrogens is 264 g/mol. The summed E-state index contributed by atoms with van der Waals surface area (Å²) in [5.74, 6) is 0.598. The summed E-state index contributed by atoms with van der Waals surface area (Å²) < 4.78 is 5.14. The summed E-state index contributed by atoms with van der Waals surface area (Å²) >= 11 is 0. The molecule has 2 saturated heterocycles. The summed E-state index contributed by atoms with van der Waals surface area (Å²) in [5.41, 5.74) is 1.35. The van der Waals surface area contributed by atoms with Gasteiger partial charge in [-0.1, -0.05) is 30.3 Å². The van der Waals surface area contributed by atoms with Crippen LogP contribution in [0.3, 0.4) is 0 Å². The maximum atomic E-state index is 11.9. The van der Waals surface area contributed by atoms with Gasteiger partial charge >= 0.3 is 6.09 Å². The van der Waals surface area contributed by atoms with Gasteiger partial charge in [-0.15, -0.1) is 0 Å². The Hall–Kier alpha value is -1.55. The van der Waals surface area contributed by atoms with Gasteiger partial charge in [0.05, 0.1) is 6.61 Å². The van der Waals surface area contributed by atoms with Crippen LogP contribution in [0.2, 0.25) is 0 Å². The maximum Gasteiger partial charge on any atom is 0.409 e. The van der Waals surface area contributed by atoms with Gasteiger partial charge in [0.2, 0.25) is 0 Å². The summed E-state index contributed by atoms with van der Waals surface area (Å²) in [6.07, 6.45) is 1.02. The van der Waals surface area contributed by atoms with E-state index < -0.39 is 0 Å². The fourth-order valence-corrected chi connectivity index (χ4v) is 3.76. The average molecular weight is 288 g/mol. The lowest BCUT2D eigenvalue weighted by molar-refractivity contribution is 0.107. The van der Waals surface area contributed by atoms with Crippen molar-refractivity contribution in [1.82, 2.24) is 9.80 Å². The highest BCUT2D eigenvalue weighted by atomic mass is 16.6. The van der Waals surface area contributed by atoms with Crippen LogP contribution in [0.25, 0.3) is 0 Å². The van der Waals surface area contributed by atoms with E-state index in [0.717, 1.165) is 19.6 Å². The van der Waals surface area contributed by atoms with E-state index in [2.05, 4.69) is 42.2 Å². The molecule has 114 valence electrons. The number of hydrogen-bond acceptors (Lipinski definition) is 3. The average Bonchev–Trinajstić information content (AvgIpc) is 3.08. The Bertz CT molecular complexity index is 491. The van der Waals surface area contributed by atoms with E-state index in [1.807, 2.05) is 11.8 Å². The number of carbonyl (C=O) groups is 1. The summed E-state index contributed by atoms with van der Waals surface area (Å²) in [6, 6.07) is 11.5. The van der Waals surface area contributed by atoms with E-state index in [1.165, 1.54) is 12.0 Å². The van der Waals surface area contributed by atoms with Crippen LogP contribution in [0.5, 0.6) is 0 Å². The summed E-state index contributed by atoms with van der Waals surface area (Å²) in [7, 11) is 0. The topological polar surface area (TPSA) is 32.8 Å². The van der Waals surface area contributed by atoms with Gasteiger partial charge in [0.25, 0.3) is 0 Å². The van der Waals surface area contributed by atoms with Crippen molar-refractivity contribution in [2.24, 2.45) is 5.92 Å². The van der Waals surface area contributed by atoms with Gasteiger partial charge in [-0.25, -0.2) is 4.79 Å². The summed E-state index contributed by atoms with van der Waals surface area (Å²) in [6.45, 7) is 7.36. The zero-order chi connectivity index (χ0) is 14.8. The minimum atomic E-state index is -0.154. The molecule has 0 aromatic heterocycles. The van der Waals surface area contributed by atoms with Crippen LogP contribution >= 0.6 is 0 Å². The highest BCUT2D eigenvalue weighted by Crippen LogP contribution is 2.37. The lowest BCUT2D eigenvalue weighted by atomic mass is 10.0. The number of fused-ring (bicyclic) bond motifs is 1. The van der Waals surface area contributed by atoms with E-state index in [4.69, 9.17) is 4.74 Å². The molecule has 0 spiro atoms. The Morgan fingerprint density at radius 2 is 2.10 bits per heavy atom. The highest BCUT2D eigenvalue weighted by molar-refractivity contribution is 5.68. The Morgan fingerprint density at radius 1 is 1.33 bits per heavy atom. The molecule has 0 saturated carbocycles. The van der Waals surface area contributed by atoms with Crippen molar-refractivity contribution < 1.29 is 9.53 Å². The molecule has 1 amide bonds. The van der Waals surface area contributed by atoms with Gasteiger partial charge in [0.15, 0.2) is 0 Å². The normalized spacial score (nSPS) is 26.7. The lowest BCUT2D eigenvalue weighted by Crippen LogP contribution is -2.38. The predicted molar refractivity (Wildman–Crippen MR) is 82.1 cm³/mol. The van der Waals surface area contributed by atoms with Gasteiger partial charge in [0.1, 0.15) is 0 Å². The van der Waals surface area contributed by atoms with Crippen molar-refractivity contribution in [2.45, 2.75) is 32.4 Å². The zero-order valence-electron chi connectivity index (χ0n) is 12.9. The standard InChI is InChI=1S/C17H24N2O2/c1-3-21-17(20)18-11-15-9-10-19(16(15)12-18)13(2)14-7-5-4-6-8-14/h4-8,13,15-16H,3,9-12H2,1-2H3/t13-,15+,16-/m1/s1. The quantitative estimate of drug-likeness (QED) is 0.857. The van der Waals surface area contributed by atoms with Crippen molar-refractivity contribution in [3.05, 3.63) is 35.9 Å². The molecular formula is C17H24N2O2. The smallest absolute Gasteiger partial charge is 0.409 e. The number of hydrogen-bond donors (Lipinski definition) is 0. The third-order valence-corrected chi connectivity index (χ3v) is 4.90. The first-order chi connectivity index (χ1) is 10.2. The molecule has 2 heterocycles. The number of benzene rings is 1. The number of ether oxygens (including phenoxy) is 1. The number of likely N-dealkylation sites (tertiary alicyclic amines) is 2. The van der Waals surface area contributed by atoms with Crippen LogP contribution in [-0.4, -0.2) is 48.2 Å². The molecule has 0 bridgehead atoms. The number of rotatable bonds is 3. The Balaban J connectivity index is 1.68. The molecule has 1 aromatic carbocycles. The van der Waals surface area contributed by atoms with Gasteiger partial charge in [-0.2, -0.15) is 0 Å². The fraction of sp³-hybridized carbons (Fsp3) is 0.588. The van der Waals surface area contributed by atoms with Crippen molar-refractivity contribution in [1.29, 1.82) is 0 Å². The number of amides is 1. The van der Waals surface area contributed by atoms with Gasteiger partial charge in [0, 0.05) is 25.2 Å². The highest BCUT2D eigenvalue weighted by Gasteiger charge is 2.44. The monoisotopic (exact) mass is 288 g/mol. The first kappa shape index (κ1) is 14.4. The summed E-state index contributed by atoms with van der Waals surface area (Å²) in [5, 5.41) is 0. The third kappa shape index (κ3) is 2.77. The second kappa shape index (κ2) is 6.06. The number of nitrogens with zero attached hydrogens (tertiary/aromatic N) is 2. The Morgan fingerprint density at radius 3 is 2.81 bits per heavy atom. The predicted octanol–water partition coefficient (Wildman–Crippen LogP) is 2.91. The first-order valence-electron chi connectivity index (χ1n) is 7.93. The van der Waals surface area contributed by atoms with Crippen LogP contribution in [0.4, 0.5) is 4.79 Å². The Labute approximate surface area is 126 Å². The Kier molecular flexibility index (Phi) is 4.15. The van der Waals surface area contributed by atoms with Crippen molar-refractivity contribution >= 4 is 6.09 Å². The minimum absolute atomic E-state index is 0.154. The molecule has 0 radical (unpaired) electrons. The minimum Gasteiger partial charge on any atom is -0.450 e. The van der Waals surface area contributed by atoms with E-state index >= 15 is 0 Å². The number of carbonyl (C=O) groups excluding carboxylic acids is 1. The molecule has 0 N–H and O–H groups in total. The molecule has 0 aliphatic carbocycles. The van der Waals surface area contributed by atoms with Crippen LogP contribution in [0.1, 0.15) is 31.9 Å².